The van der Waals surface area contributed by atoms with Crippen molar-refractivity contribution in [2.24, 2.45) is 0 Å². The average Bonchev–Trinajstić information content (AvgIpc) is 2.74. The molecule has 2 aromatic carbocycles. The highest BCUT2D eigenvalue weighted by molar-refractivity contribution is 5.89. The Morgan fingerprint density at radius 2 is 1.80 bits per heavy atom. The molecule has 30 heavy (non-hydrogen) atoms. The summed E-state index contributed by atoms with van der Waals surface area (Å²) in [5.41, 5.74) is 1.94. The molecular formula is C23H30N4O3. The maximum atomic E-state index is 12.4. The molecule has 7 nitrogen and oxygen atoms in total. The number of urea groups is 1. The van der Waals surface area contributed by atoms with E-state index in [0.29, 0.717) is 11.4 Å². The molecule has 160 valence electrons. The minimum absolute atomic E-state index is 0.0375. The molecule has 7 heteroatoms. The molecule has 0 spiro atoms. The Labute approximate surface area is 178 Å². The molecule has 0 aromatic heterocycles. The molecule has 1 fully saturated rings. The van der Waals surface area contributed by atoms with Crippen molar-refractivity contribution in [2.45, 2.75) is 25.4 Å². The molecule has 0 bridgehead atoms. The summed E-state index contributed by atoms with van der Waals surface area (Å²) in [6.45, 7) is 2.83. The quantitative estimate of drug-likeness (QED) is 0.736. The van der Waals surface area contributed by atoms with Gasteiger partial charge in [0, 0.05) is 51.5 Å². The largest absolute Gasteiger partial charge is 0.484 e. The van der Waals surface area contributed by atoms with Gasteiger partial charge in [0.15, 0.2) is 6.61 Å². The third kappa shape index (κ3) is 6.77. The molecule has 0 unspecified atom stereocenters. The Kier molecular flexibility index (Phi) is 7.68. The number of anilines is 1. The van der Waals surface area contributed by atoms with E-state index < -0.39 is 0 Å². The zero-order valence-corrected chi connectivity index (χ0v) is 17.6. The Bertz CT molecular complexity index is 833. The molecule has 1 heterocycles. The number of benzene rings is 2. The van der Waals surface area contributed by atoms with Crippen LogP contribution in [0.15, 0.2) is 54.6 Å². The van der Waals surface area contributed by atoms with Crippen molar-refractivity contribution in [3.63, 3.8) is 0 Å². The summed E-state index contributed by atoms with van der Waals surface area (Å²) in [5.74, 6) is 0.418. The zero-order chi connectivity index (χ0) is 21.3. The Hall–Kier alpha value is -3.06. The summed E-state index contributed by atoms with van der Waals surface area (Å²) in [6, 6.07) is 17.4. The number of piperidine rings is 1. The van der Waals surface area contributed by atoms with Crippen LogP contribution < -0.4 is 15.4 Å². The lowest BCUT2D eigenvalue weighted by Gasteiger charge is -2.32. The lowest BCUT2D eigenvalue weighted by molar-refractivity contribution is -0.130. The van der Waals surface area contributed by atoms with Gasteiger partial charge in [-0.15, -0.1) is 0 Å². The molecule has 0 radical (unpaired) electrons. The Morgan fingerprint density at radius 1 is 1.07 bits per heavy atom. The van der Waals surface area contributed by atoms with Gasteiger partial charge in [-0.25, -0.2) is 4.79 Å². The number of nitrogens with zero attached hydrogens (tertiary/aromatic N) is 2. The van der Waals surface area contributed by atoms with Gasteiger partial charge < -0.3 is 20.3 Å². The van der Waals surface area contributed by atoms with E-state index in [-0.39, 0.29) is 24.6 Å². The lowest BCUT2D eigenvalue weighted by Crippen LogP contribution is -2.45. The molecule has 1 saturated heterocycles. The molecule has 3 rings (SSSR count). The van der Waals surface area contributed by atoms with E-state index in [1.807, 2.05) is 6.07 Å². The maximum Gasteiger partial charge on any atom is 0.319 e. The van der Waals surface area contributed by atoms with Gasteiger partial charge in [0.1, 0.15) is 5.75 Å². The number of hydrogen-bond donors (Lipinski definition) is 2. The summed E-state index contributed by atoms with van der Waals surface area (Å²) in [4.78, 5) is 27.9. The summed E-state index contributed by atoms with van der Waals surface area (Å²) >= 11 is 0. The average molecular weight is 411 g/mol. The first-order chi connectivity index (χ1) is 14.5. The van der Waals surface area contributed by atoms with Crippen LogP contribution in [-0.4, -0.2) is 61.6 Å². The molecule has 1 aliphatic rings. The fourth-order valence-electron chi connectivity index (χ4n) is 3.37. The predicted octanol–water partition coefficient (Wildman–Crippen LogP) is 2.94. The van der Waals surface area contributed by atoms with Gasteiger partial charge in [-0.05, 0) is 30.5 Å². The molecule has 0 atom stereocenters. The number of ether oxygens (including phenoxy) is 1. The van der Waals surface area contributed by atoms with Crippen molar-refractivity contribution in [1.29, 1.82) is 0 Å². The predicted molar refractivity (Wildman–Crippen MR) is 118 cm³/mol. The monoisotopic (exact) mass is 410 g/mol. The standard InChI is InChI=1S/C23H30N4O3/c1-26(2)22(28)17-30-21-10-6-9-20(15-21)25-23(29)24-19-11-13-27(14-12-19)16-18-7-4-3-5-8-18/h3-10,15,19H,11-14,16-17H2,1-2H3,(H2,24,25,29). The second kappa shape index (κ2) is 10.6. The van der Waals surface area contributed by atoms with Gasteiger partial charge in [0.05, 0.1) is 0 Å². The van der Waals surface area contributed by atoms with Crippen molar-refractivity contribution < 1.29 is 14.3 Å². The van der Waals surface area contributed by atoms with Gasteiger partial charge >= 0.3 is 6.03 Å². The van der Waals surface area contributed by atoms with E-state index in [4.69, 9.17) is 4.74 Å². The van der Waals surface area contributed by atoms with Crippen molar-refractivity contribution in [3.05, 3.63) is 60.2 Å². The number of likely N-dealkylation sites (N-methyl/N-ethyl adjacent to an activating group) is 1. The molecule has 0 saturated carbocycles. The van der Waals surface area contributed by atoms with Crippen LogP contribution in [0, 0.1) is 0 Å². The zero-order valence-electron chi connectivity index (χ0n) is 17.6. The van der Waals surface area contributed by atoms with Gasteiger partial charge in [-0.1, -0.05) is 36.4 Å². The van der Waals surface area contributed by atoms with E-state index in [9.17, 15) is 9.59 Å². The molecule has 2 N–H and O–H groups in total. The van der Waals surface area contributed by atoms with Gasteiger partial charge in [-0.2, -0.15) is 0 Å². The maximum absolute atomic E-state index is 12.4. The minimum atomic E-state index is -0.224. The molecule has 0 aliphatic carbocycles. The van der Waals surface area contributed by atoms with Crippen LogP contribution in [0.4, 0.5) is 10.5 Å². The molecular weight excluding hydrogens is 380 g/mol. The summed E-state index contributed by atoms with van der Waals surface area (Å²) < 4.78 is 5.49. The highest BCUT2D eigenvalue weighted by Gasteiger charge is 2.20. The van der Waals surface area contributed by atoms with Crippen LogP contribution in [0.3, 0.4) is 0 Å². The van der Waals surface area contributed by atoms with Crippen molar-refractivity contribution in [3.8, 4) is 5.75 Å². The van der Waals surface area contributed by atoms with Gasteiger partial charge in [0.2, 0.25) is 0 Å². The summed E-state index contributed by atoms with van der Waals surface area (Å²) in [7, 11) is 3.36. The molecule has 3 amide bonds. The third-order valence-corrected chi connectivity index (χ3v) is 5.12. The second-order valence-electron chi connectivity index (χ2n) is 7.74. The van der Waals surface area contributed by atoms with Gasteiger partial charge in [-0.3, -0.25) is 9.69 Å². The normalized spacial score (nSPS) is 14.7. The number of hydrogen-bond acceptors (Lipinski definition) is 4. The topological polar surface area (TPSA) is 73.9 Å². The number of carbonyl (C=O) groups is 2. The van der Waals surface area contributed by atoms with Crippen molar-refractivity contribution in [2.75, 3.05) is 39.1 Å². The number of likely N-dealkylation sites (tertiary alicyclic amines) is 1. The van der Waals surface area contributed by atoms with E-state index in [0.717, 1.165) is 32.5 Å². The SMILES string of the molecule is CN(C)C(=O)COc1cccc(NC(=O)NC2CCN(Cc3ccccc3)CC2)c1. The highest BCUT2D eigenvalue weighted by Crippen LogP contribution is 2.18. The van der Waals surface area contributed by atoms with Crippen LogP contribution in [0.1, 0.15) is 18.4 Å². The number of amides is 3. The second-order valence-corrected chi connectivity index (χ2v) is 7.74. The van der Waals surface area contributed by atoms with Crippen LogP contribution in [0.5, 0.6) is 5.75 Å². The smallest absolute Gasteiger partial charge is 0.319 e. The van der Waals surface area contributed by atoms with E-state index in [1.165, 1.54) is 10.5 Å². The van der Waals surface area contributed by atoms with Crippen LogP contribution >= 0.6 is 0 Å². The van der Waals surface area contributed by atoms with Crippen molar-refractivity contribution >= 4 is 17.6 Å². The number of carbonyl (C=O) groups excluding carboxylic acids is 2. The highest BCUT2D eigenvalue weighted by atomic mass is 16.5. The Balaban J connectivity index is 1.41. The fourth-order valence-corrected chi connectivity index (χ4v) is 3.37. The lowest BCUT2D eigenvalue weighted by atomic mass is 10.0. The minimum Gasteiger partial charge on any atom is -0.484 e. The number of rotatable bonds is 7. The van der Waals surface area contributed by atoms with E-state index in [2.05, 4.69) is 39.8 Å². The first-order valence-corrected chi connectivity index (χ1v) is 10.3. The fraction of sp³-hybridized carbons (Fsp3) is 0.391. The number of nitrogens with one attached hydrogen (secondary N) is 2. The third-order valence-electron chi connectivity index (χ3n) is 5.12. The first kappa shape index (κ1) is 21.6. The van der Waals surface area contributed by atoms with Crippen LogP contribution in [-0.2, 0) is 11.3 Å². The van der Waals surface area contributed by atoms with E-state index in [1.54, 1.807) is 38.4 Å². The van der Waals surface area contributed by atoms with Crippen LogP contribution in [0.25, 0.3) is 0 Å². The molecule has 1 aliphatic heterocycles. The molecule has 2 aromatic rings. The van der Waals surface area contributed by atoms with Gasteiger partial charge in [0.25, 0.3) is 5.91 Å². The van der Waals surface area contributed by atoms with E-state index >= 15 is 0 Å². The Morgan fingerprint density at radius 3 is 2.50 bits per heavy atom. The summed E-state index contributed by atoms with van der Waals surface area (Å²) in [5, 5.41) is 5.91. The summed E-state index contributed by atoms with van der Waals surface area (Å²) in [6.07, 6.45) is 1.85. The first-order valence-electron chi connectivity index (χ1n) is 10.3. The van der Waals surface area contributed by atoms with Crippen LogP contribution in [0.2, 0.25) is 0 Å². The van der Waals surface area contributed by atoms with Crippen molar-refractivity contribution in [1.82, 2.24) is 15.1 Å².